The highest BCUT2D eigenvalue weighted by atomic mass is 127. The van der Waals surface area contributed by atoms with Gasteiger partial charge in [0.25, 0.3) is 0 Å². The van der Waals surface area contributed by atoms with Crippen LogP contribution in [0.2, 0.25) is 0 Å². The molecule has 1 N–H and O–H groups in total. The van der Waals surface area contributed by atoms with Crippen molar-refractivity contribution < 1.29 is 0 Å². The molecule has 2 aromatic heterocycles. The normalized spacial score (nSPS) is 15.2. The minimum atomic E-state index is 0. The van der Waals surface area contributed by atoms with E-state index in [1.807, 2.05) is 18.6 Å². The van der Waals surface area contributed by atoms with Gasteiger partial charge in [0, 0.05) is 75.7 Å². The first-order valence-corrected chi connectivity index (χ1v) is 9.87. The molecule has 1 fully saturated rings. The lowest BCUT2D eigenvalue weighted by Crippen LogP contribution is -2.52. The zero-order chi connectivity index (χ0) is 16.8. The number of piperazine rings is 1. The maximum absolute atomic E-state index is 4.58. The molecular formula is C15H24IN7S2. The summed E-state index contributed by atoms with van der Waals surface area (Å²) in [6.45, 7) is 6.73. The first kappa shape index (κ1) is 20.3. The SMILES string of the molecule is CCc1nsc(N2CCN(C(=NC)NCCc3nccs3)CC2)n1.I. The van der Waals surface area contributed by atoms with Crippen LogP contribution >= 0.6 is 46.8 Å². The van der Waals surface area contributed by atoms with Gasteiger partial charge in [0.1, 0.15) is 5.82 Å². The second kappa shape index (κ2) is 10.2. The van der Waals surface area contributed by atoms with Crippen LogP contribution in [0.25, 0.3) is 0 Å². The Morgan fingerprint density at radius 1 is 1.32 bits per heavy atom. The number of aliphatic imine (C=N–C) groups is 1. The monoisotopic (exact) mass is 493 g/mol. The van der Waals surface area contributed by atoms with Crippen LogP contribution in [0.1, 0.15) is 17.8 Å². The Balaban J connectivity index is 0.00000225. The van der Waals surface area contributed by atoms with Gasteiger partial charge < -0.3 is 15.1 Å². The number of anilines is 1. The predicted molar refractivity (Wildman–Crippen MR) is 116 cm³/mol. The molecule has 25 heavy (non-hydrogen) atoms. The fourth-order valence-electron chi connectivity index (χ4n) is 2.62. The third kappa shape index (κ3) is 5.48. The maximum atomic E-state index is 4.58. The van der Waals surface area contributed by atoms with Crippen molar-refractivity contribution in [2.75, 3.05) is 44.7 Å². The zero-order valence-electron chi connectivity index (χ0n) is 14.5. The average Bonchev–Trinajstić information content (AvgIpc) is 3.30. The van der Waals surface area contributed by atoms with E-state index in [9.17, 15) is 0 Å². The first-order chi connectivity index (χ1) is 11.8. The van der Waals surface area contributed by atoms with Crippen LogP contribution < -0.4 is 10.2 Å². The maximum Gasteiger partial charge on any atom is 0.205 e. The third-order valence-corrected chi connectivity index (χ3v) is 5.59. The summed E-state index contributed by atoms with van der Waals surface area (Å²) >= 11 is 3.20. The predicted octanol–water partition coefficient (Wildman–Crippen LogP) is 2.12. The van der Waals surface area contributed by atoms with Crippen LogP contribution in [-0.4, -0.2) is 65.0 Å². The largest absolute Gasteiger partial charge is 0.356 e. The minimum absolute atomic E-state index is 0. The van der Waals surface area contributed by atoms with E-state index in [0.29, 0.717) is 0 Å². The number of nitrogens with one attached hydrogen (secondary N) is 1. The van der Waals surface area contributed by atoms with E-state index in [4.69, 9.17) is 0 Å². The van der Waals surface area contributed by atoms with Gasteiger partial charge >= 0.3 is 0 Å². The quantitative estimate of drug-likeness (QED) is 0.391. The summed E-state index contributed by atoms with van der Waals surface area (Å²) < 4.78 is 4.38. The molecule has 0 saturated carbocycles. The molecule has 0 bridgehead atoms. The molecule has 138 valence electrons. The van der Waals surface area contributed by atoms with E-state index in [2.05, 4.69) is 41.4 Å². The fourth-order valence-corrected chi connectivity index (χ4v) is 4.04. The molecule has 10 heteroatoms. The Morgan fingerprint density at radius 3 is 2.72 bits per heavy atom. The van der Waals surface area contributed by atoms with Crippen molar-refractivity contribution in [3.8, 4) is 0 Å². The molecule has 0 spiro atoms. The highest BCUT2D eigenvalue weighted by Crippen LogP contribution is 2.19. The van der Waals surface area contributed by atoms with Gasteiger partial charge in [0.05, 0.1) is 5.01 Å². The van der Waals surface area contributed by atoms with Crippen LogP contribution in [0.3, 0.4) is 0 Å². The topological polar surface area (TPSA) is 69.5 Å². The highest BCUT2D eigenvalue weighted by Gasteiger charge is 2.21. The number of rotatable bonds is 5. The summed E-state index contributed by atoms with van der Waals surface area (Å²) in [5.74, 6) is 1.91. The summed E-state index contributed by atoms with van der Waals surface area (Å²) in [7, 11) is 1.84. The average molecular weight is 493 g/mol. The summed E-state index contributed by atoms with van der Waals surface area (Å²) in [4.78, 5) is 17.9. The van der Waals surface area contributed by atoms with Gasteiger partial charge in [0.15, 0.2) is 5.96 Å². The molecule has 2 aromatic rings. The number of aromatic nitrogens is 3. The van der Waals surface area contributed by atoms with Crippen molar-refractivity contribution in [1.29, 1.82) is 0 Å². The standard InChI is InChI=1S/C15H23N7S2.HI/c1-3-12-19-15(24-20-12)22-9-7-21(8-10-22)14(16-2)18-5-4-13-17-6-11-23-13;/h6,11H,3-5,7-10H2,1-2H3,(H,16,18);1H. The van der Waals surface area contributed by atoms with E-state index in [0.717, 1.165) is 67.5 Å². The third-order valence-electron chi connectivity index (χ3n) is 3.94. The van der Waals surface area contributed by atoms with E-state index >= 15 is 0 Å². The van der Waals surface area contributed by atoms with E-state index in [1.54, 1.807) is 11.3 Å². The molecule has 0 aliphatic carbocycles. The lowest BCUT2D eigenvalue weighted by Gasteiger charge is -2.36. The molecule has 0 unspecified atom stereocenters. The van der Waals surface area contributed by atoms with Crippen molar-refractivity contribution in [3.05, 3.63) is 22.4 Å². The van der Waals surface area contributed by atoms with Crippen molar-refractivity contribution in [2.45, 2.75) is 19.8 Å². The molecule has 0 radical (unpaired) electrons. The van der Waals surface area contributed by atoms with Crippen LogP contribution in [0, 0.1) is 0 Å². The van der Waals surface area contributed by atoms with Gasteiger partial charge in [-0.1, -0.05) is 6.92 Å². The Labute approximate surface area is 173 Å². The summed E-state index contributed by atoms with van der Waals surface area (Å²) in [6.07, 6.45) is 3.68. The van der Waals surface area contributed by atoms with Gasteiger partial charge in [-0.25, -0.2) is 9.97 Å². The molecule has 0 aromatic carbocycles. The summed E-state index contributed by atoms with van der Waals surface area (Å²) in [5.41, 5.74) is 0. The molecule has 1 aliphatic heterocycles. The fraction of sp³-hybridized carbons (Fsp3) is 0.600. The molecule has 0 amide bonds. The van der Waals surface area contributed by atoms with Gasteiger partial charge in [-0.3, -0.25) is 4.99 Å². The van der Waals surface area contributed by atoms with Gasteiger partial charge in [0.2, 0.25) is 5.13 Å². The van der Waals surface area contributed by atoms with Crippen LogP contribution in [0.15, 0.2) is 16.6 Å². The molecule has 1 saturated heterocycles. The smallest absolute Gasteiger partial charge is 0.205 e. The number of nitrogens with zero attached hydrogens (tertiary/aromatic N) is 6. The van der Waals surface area contributed by atoms with Crippen molar-refractivity contribution >= 4 is 57.9 Å². The van der Waals surface area contributed by atoms with Crippen LogP contribution in [0.4, 0.5) is 5.13 Å². The first-order valence-electron chi connectivity index (χ1n) is 8.21. The summed E-state index contributed by atoms with van der Waals surface area (Å²) in [6, 6.07) is 0. The van der Waals surface area contributed by atoms with Crippen LogP contribution in [0.5, 0.6) is 0 Å². The molecule has 3 heterocycles. The van der Waals surface area contributed by atoms with E-state index < -0.39 is 0 Å². The Hall–Kier alpha value is -1.01. The van der Waals surface area contributed by atoms with Crippen molar-refractivity contribution in [1.82, 2.24) is 24.6 Å². The number of guanidine groups is 1. The Morgan fingerprint density at radius 2 is 2.12 bits per heavy atom. The van der Waals surface area contributed by atoms with E-state index in [-0.39, 0.29) is 24.0 Å². The minimum Gasteiger partial charge on any atom is -0.356 e. The van der Waals surface area contributed by atoms with Crippen molar-refractivity contribution in [3.63, 3.8) is 0 Å². The van der Waals surface area contributed by atoms with Gasteiger partial charge in [-0.15, -0.1) is 35.3 Å². The lowest BCUT2D eigenvalue weighted by atomic mass is 10.3. The van der Waals surface area contributed by atoms with Crippen LogP contribution in [-0.2, 0) is 12.8 Å². The summed E-state index contributed by atoms with van der Waals surface area (Å²) in [5, 5.41) is 7.66. The number of hydrogen-bond donors (Lipinski definition) is 1. The zero-order valence-corrected chi connectivity index (χ0v) is 18.5. The van der Waals surface area contributed by atoms with Crippen molar-refractivity contribution in [2.24, 2.45) is 4.99 Å². The number of aryl methyl sites for hydroxylation is 1. The highest BCUT2D eigenvalue weighted by molar-refractivity contribution is 14.0. The Kier molecular flexibility index (Phi) is 8.30. The number of hydrogen-bond acceptors (Lipinski definition) is 7. The van der Waals surface area contributed by atoms with Gasteiger partial charge in [-0.05, 0) is 0 Å². The molecule has 7 nitrogen and oxygen atoms in total. The Bertz CT molecular complexity index is 651. The lowest BCUT2D eigenvalue weighted by molar-refractivity contribution is 0.372. The molecule has 1 aliphatic rings. The van der Waals surface area contributed by atoms with Gasteiger partial charge in [-0.2, -0.15) is 4.37 Å². The number of thiazole rings is 1. The molecule has 0 atom stereocenters. The molecule has 3 rings (SSSR count). The molecular weight excluding hydrogens is 469 g/mol. The number of halogens is 1. The second-order valence-electron chi connectivity index (χ2n) is 5.47. The second-order valence-corrected chi connectivity index (χ2v) is 7.18. The van der Waals surface area contributed by atoms with E-state index in [1.165, 1.54) is 11.5 Å².